The molecule has 1 aromatic rings. The fourth-order valence-electron chi connectivity index (χ4n) is 2.78. The summed E-state index contributed by atoms with van der Waals surface area (Å²) in [5.41, 5.74) is 2.60. The lowest BCUT2D eigenvalue weighted by atomic mass is 9.86. The first-order chi connectivity index (χ1) is 9.86. The first-order valence-corrected chi connectivity index (χ1v) is 8.00. The number of nitrogens with zero attached hydrogens (tertiary/aromatic N) is 1. The Morgan fingerprint density at radius 1 is 1.24 bits per heavy atom. The maximum Gasteiger partial charge on any atom is 0.122 e. The van der Waals surface area contributed by atoms with E-state index in [1.54, 1.807) is 0 Å². The van der Waals surface area contributed by atoms with Crippen LogP contribution < -0.4 is 4.74 Å². The molecule has 1 unspecified atom stereocenters. The summed E-state index contributed by atoms with van der Waals surface area (Å²) in [4.78, 5) is 2.31. The predicted molar refractivity (Wildman–Crippen MR) is 87.1 cm³/mol. The Hall–Kier alpha value is -1.06. The second-order valence-electron chi connectivity index (χ2n) is 7.20. The van der Waals surface area contributed by atoms with E-state index in [0.29, 0.717) is 6.61 Å². The second kappa shape index (κ2) is 6.80. The van der Waals surface area contributed by atoms with Gasteiger partial charge >= 0.3 is 0 Å². The van der Waals surface area contributed by atoms with Gasteiger partial charge in [0.1, 0.15) is 18.5 Å². The molecular formula is C18H29NO2. The van der Waals surface area contributed by atoms with Crippen molar-refractivity contribution in [2.24, 2.45) is 0 Å². The van der Waals surface area contributed by atoms with Crippen molar-refractivity contribution in [1.82, 2.24) is 4.90 Å². The van der Waals surface area contributed by atoms with Gasteiger partial charge in [-0.25, -0.2) is 0 Å². The van der Waals surface area contributed by atoms with Crippen LogP contribution in [0.2, 0.25) is 0 Å². The van der Waals surface area contributed by atoms with Gasteiger partial charge in [0.25, 0.3) is 0 Å². The third-order valence-electron chi connectivity index (χ3n) is 4.14. The minimum absolute atomic E-state index is 0.151. The maximum absolute atomic E-state index is 10.1. The number of likely N-dealkylation sites (tertiary alicyclic amines) is 1. The number of aryl methyl sites for hydroxylation is 1. The Morgan fingerprint density at radius 3 is 2.48 bits per heavy atom. The van der Waals surface area contributed by atoms with Gasteiger partial charge in [-0.3, -0.25) is 0 Å². The van der Waals surface area contributed by atoms with Crippen LogP contribution in [0.25, 0.3) is 0 Å². The van der Waals surface area contributed by atoms with E-state index < -0.39 is 6.10 Å². The Morgan fingerprint density at radius 2 is 1.90 bits per heavy atom. The molecule has 1 aliphatic rings. The van der Waals surface area contributed by atoms with E-state index in [-0.39, 0.29) is 5.41 Å². The smallest absolute Gasteiger partial charge is 0.122 e. The number of hydrogen-bond acceptors (Lipinski definition) is 3. The monoisotopic (exact) mass is 291 g/mol. The van der Waals surface area contributed by atoms with E-state index in [0.717, 1.165) is 30.9 Å². The van der Waals surface area contributed by atoms with E-state index in [9.17, 15) is 5.11 Å². The summed E-state index contributed by atoms with van der Waals surface area (Å²) in [5.74, 6) is 0.878. The van der Waals surface area contributed by atoms with Crippen molar-refractivity contribution in [2.45, 2.75) is 52.1 Å². The van der Waals surface area contributed by atoms with Gasteiger partial charge in [0.05, 0.1) is 0 Å². The number of hydrogen-bond donors (Lipinski definition) is 1. The normalized spacial score (nSPS) is 18.0. The largest absolute Gasteiger partial charge is 0.491 e. The third kappa shape index (κ3) is 4.72. The number of aliphatic hydroxyl groups excluding tert-OH is 1. The maximum atomic E-state index is 10.1. The van der Waals surface area contributed by atoms with Crippen LogP contribution in [0.1, 0.15) is 44.7 Å². The van der Waals surface area contributed by atoms with Gasteiger partial charge < -0.3 is 14.7 Å². The molecule has 3 nitrogen and oxygen atoms in total. The highest BCUT2D eigenvalue weighted by atomic mass is 16.5. The van der Waals surface area contributed by atoms with Crippen molar-refractivity contribution in [3.63, 3.8) is 0 Å². The van der Waals surface area contributed by atoms with Crippen molar-refractivity contribution in [3.05, 3.63) is 29.3 Å². The van der Waals surface area contributed by atoms with E-state index in [1.807, 2.05) is 6.07 Å². The quantitative estimate of drug-likeness (QED) is 0.904. The topological polar surface area (TPSA) is 32.7 Å². The van der Waals surface area contributed by atoms with Crippen LogP contribution in [0.5, 0.6) is 5.75 Å². The van der Waals surface area contributed by atoms with E-state index >= 15 is 0 Å². The Labute approximate surface area is 128 Å². The fraction of sp³-hybridized carbons (Fsp3) is 0.667. The highest BCUT2D eigenvalue weighted by Crippen LogP contribution is 2.27. The van der Waals surface area contributed by atoms with Crippen molar-refractivity contribution in [1.29, 1.82) is 0 Å². The molecule has 2 rings (SSSR count). The summed E-state index contributed by atoms with van der Waals surface area (Å²) in [7, 11) is 0. The molecule has 0 radical (unpaired) electrons. The van der Waals surface area contributed by atoms with Gasteiger partial charge in [-0.05, 0) is 55.5 Å². The van der Waals surface area contributed by atoms with Gasteiger partial charge in [-0.15, -0.1) is 0 Å². The highest BCUT2D eigenvalue weighted by molar-refractivity contribution is 5.38. The van der Waals surface area contributed by atoms with Gasteiger partial charge in [-0.1, -0.05) is 32.9 Å². The Balaban J connectivity index is 1.87. The Kier molecular flexibility index (Phi) is 5.28. The molecule has 1 heterocycles. The SMILES string of the molecule is Cc1cc(C(C)(C)C)ccc1OCC(O)CN1CCCC1. The van der Waals surface area contributed by atoms with Gasteiger partial charge in [0, 0.05) is 6.54 Å². The lowest BCUT2D eigenvalue weighted by Crippen LogP contribution is -2.33. The van der Waals surface area contributed by atoms with Crippen molar-refractivity contribution in [3.8, 4) is 5.75 Å². The molecule has 1 aliphatic heterocycles. The molecule has 1 atom stereocenters. The van der Waals surface area contributed by atoms with Crippen molar-refractivity contribution >= 4 is 0 Å². The van der Waals surface area contributed by atoms with Crippen LogP contribution >= 0.6 is 0 Å². The molecule has 1 aromatic carbocycles. The Bertz CT molecular complexity index is 459. The number of ether oxygens (including phenoxy) is 1. The third-order valence-corrected chi connectivity index (χ3v) is 4.14. The average molecular weight is 291 g/mol. The molecule has 1 N–H and O–H groups in total. The van der Waals surface area contributed by atoms with Crippen LogP contribution in [0.3, 0.4) is 0 Å². The summed E-state index contributed by atoms with van der Waals surface area (Å²) >= 11 is 0. The molecule has 118 valence electrons. The van der Waals surface area contributed by atoms with Crippen LogP contribution in [0.15, 0.2) is 18.2 Å². The summed E-state index contributed by atoms with van der Waals surface area (Å²) in [6.07, 6.45) is 2.09. The zero-order valence-corrected chi connectivity index (χ0v) is 13.9. The molecule has 0 bridgehead atoms. The summed E-state index contributed by atoms with van der Waals surface area (Å²) in [6, 6.07) is 6.33. The van der Waals surface area contributed by atoms with E-state index in [1.165, 1.54) is 18.4 Å². The van der Waals surface area contributed by atoms with Gasteiger partial charge in [-0.2, -0.15) is 0 Å². The van der Waals surface area contributed by atoms with Crippen LogP contribution in [-0.2, 0) is 5.41 Å². The molecule has 1 saturated heterocycles. The number of rotatable bonds is 5. The number of benzene rings is 1. The molecule has 1 fully saturated rings. The molecule has 0 aromatic heterocycles. The zero-order chi connectivity index (χ0) is 15.5. The summed E-state index contributed by atoms with van der Waals surface area (Å²) in [5, 5.41) is 10.1. The van der Waals surface area contributed by atoms with Crippen LogP contribution in [-0.4, -0.2) is 42.4 Å². The lowest BCUT2D eigenvalue weighted by molar-refractivity contribution is 0.0755. The van der Waals surface area contributed by atoms with E-state index in [2.05, 4.69) is 44.7 Å². The molecule has 0 amide bonds. The highest BCUT2D eigenvalue weighted by Gasteiger charge is 2.17. The molecule has 21 heavy (non-hydrogen) atoms. The standard InChI is InChI=1S/C18H29NO2/c1-14-11-15(18(2,3)4)7-8-17(14)21-13-16(20)12-19-9-5-6-10-19/h7-8,11,16,20H,5-6,9-10,12-13H2,1-4H3. The predicted octanol–water partition coefficient (Wildman–Crippen LogP) is 3.13. The molecule has 0 saturated carbocycles. The molecule has 0 aliphatic carbocycles. The van der Waals surface area contributed by atoms with Crippen molar-refractivity contribution in [2.75, 3.05) is 26.2 Å². The van der Waals surface area contributed by atoms with Gasteiger partial charge in [0.2, 0.25) is 0 Å². The fourth-order valence-corrected chi connectivity index (χ4v) is 2.78. The summed E-state index contributed by atoms with van der Waals surface area (Å²) < 4.78 is 5.80. The molecule has 0 spiro atoms. The van der Waals surface area contributed by atoms with E-state index in [4.69, 9.17) is 4.74 Å². The minimum atomic E-state index is -0.412. The van der Waals surface area contributed by atoms with Crippen LogP contribution in [0, 0.1) is 6.92 Å². The summed E-state index contributed by atoms with van der Waals surface area (Å²) in [6.45, 7) is 12.0. The average Bonchev–Trinajstić information content (AvgIpc) is 2.89. The second-order valence-corrected chi connectivity index (χ2v) is 7.20. The molecular weight excluding hydrogens is 262 g/mol. The van der Waals surface area contributed by atoms with Crippen molar-refractivity contribution < 1.29 is 9.84 Å². The molecule has 3 heteroatoms. The first-order valence-electron chi connectivity index (χ1n) is 8.00. The lowest BCUT2D eigenvalue weighted by Gasteiger charge is -2.22. The van der Waals surface area contributed by atoms with Crippen LogP contribution in [0.4, 0.5) is 0 Å². The number of β-amino-alcohol motifs (C(OH)–C–C–N with tert-alkyl or cyclic N) is 1. The zero-order valence-electron chi connectivity index (χ0n) is 13.9. The number of aliphatic hydroxyl groups is 1. The minimum Gasteiger partial charge on any atom is -0.491 e. The first kappa shape index (κ1) is 16.3. The van der Waals surface area contributed by atoms with Gasteiger partial charge in [0.15, 0.2) is 0 Å².